The molecular weight excluding hydrogens is 378 g/mol. The molecule has 2 heterocycles. The van der Waals surface area contributed by atoms with Crippen molar-refractivity contribution in [2.45, 2.75) is 0 Å². The number of hydrogen-bond acceptors (Lipinski definition) is 6. The highest BCUT2D eigenvalue weighted by Gasteiger charge is 2.12. The van der Waals surface area contributed by atoms with Gasteiger partial charge in [0.25, 0.3) is 17.5 Å². The van der Waals surface area contributed by atoms with E-state index in [2.05, 4.69) is 15.4 Å². The van der Waals surface area contributed by atoms with Crippen molar-refractivity contribution < 1.29 is 9.72 Å². The number of hydrogen-bond donors (Lipinski definition) is 1. The first-order chi connectivity index (χ1) is 13.6. The highest BCUT2D eigenvalue weighted by atomic mass is 32.1. The molecule has 138 valence electrons. The second-order valence-electron chi connectivity index (χ2n) is 5.79. The lowest BCUT2D eigenvalue weighted by Crippen LogP contribution is -2.09. The summed E-state index contributed by atoms with van der Waals surface area (Å²) in [5, 5.41) is 19.7. The lowest BCUT2D eigenvalue weighted by atomic mass is 10.2. The summed E-state index contributed by atoms with van der Waals surface area (Å²) < 4.78 is 1.68. The van der Waals surface area contributed by atoms with Crippen molar-refractivity contribution >= 4 is 39.9 Å². The van der Waals surface area contributed by atoms with Crippen LogP contribution in [0.1, 0.15) is 5.56 Å². The number of benzene rings is 2. The highest BCUT2D eigenvalue weighted by Crippen LogP contribution is 2.25. The summed E-state index contributed by atoms with van der Waals surface area (Å²) in [5.41, 5.74) is 2.41. The molecule has 0 unspecified atom stereocenters. The van der Waals surface area contributed by atoms with Crippen molar-refractivity contribution in [1.29, 1.82) is 0 Å². The zero-order valence-corrected chi connectivity index (χ0v) is 15.2. The molecule has 9 heteroatoms. The minimum absolute atomic E-state index is 0.0352. The highest BCUT2D eigenvalue weighted by molar-refractivity contribution is 7.15. The Morgan fingerprint density at radius 2 is 2.00 bits per heavy atom. The predicted molar refractivity (Wildman–Crippen MR) is 107 cm³/mol. The van der Waals surface area contributed by atoms with Gasteiger partial charge in [-0.15, -0.1) is 16.4 Å². The van der Waals surface area contributed by atoms with Gasteiger partial charge in [-0.05, 0) is 11.6 Å². The third kappa shape index (κ3) is 3.64. The van der Waals surface area contributed by atoms with Crippen LogP contribution in [0, 0.1) is 10.1 Å². The number of carbonyl (C=O) groups is 1. The van der Waals surface area contributed by atoms with Gasteiger partial charge in [0.05, 0.1) is 10.6 Å². The van der Waals surface area contributed by atoms with Gasteiger partial charge < -0.3 is 0 Å². The summed E-state index contributed by atoms with van der Waals surface area (Å²) in [6.07, 6.45) is 2.78. The smallest absolute Gasteiger partial charge is 0.270 e. The monoisotopic (exact) mass is 391 g/mol. The number of nitrogens with one attached hydrogen (secondary N) is 1. The summed E-state index contributed by atoms with van der Waals surface area (Å²) in [4.78, 5) is 27.4. The third-order valence-corrected chi connectivity index (χ3v) is 4.71. The van der Waals surface area contributed by atoms with Gasteiger partial charge in [0.1, 0.15) is 0 Å². The fraction of sp³-hybridized carbons (Fsp3) is 0. The SMILES string of the molecule is O=C(/C=C/c1cccc([N+](=O)[O-])c1)Nc1nc2scc(-c3ccccc3)n2n1. The quantitative estimate of drug-likeness (QED) is 0.314. The number of thiazole rings is 1. The van der Waals surface area contributed by atoms with Gasteiger partial charge in [-0.25, -0.2) is 4.52 Å². The third-order valence-electron chi connectivity index (χ3n) is 3.89. The fourth-order valence-electron chi connectivity index (χ4n) is 2.61. The van der Waals surface area contributed by atoms with E-state index in [4.69, 9.17) is 0 Å². The molecule has 2 aromatic carbocycles. The fourth-order valence-corrected chi connectivity index (χ4v) is 3.44. The van der Waals surface area contributed by atoms with Crippen LogP contribution in [0.25, 0.3) is 22.3 Å². The van der Waals surface area contributed by atoms with Crippen LogP contribution in [0.5, 0.6) is 0 Å². The Labute approximate surface area is 162 Å². The second-order valence-corrected chi connectivity index (χ2v) is 6.63. The molecule has 0 radical (unpaired) electrons. The number of amides is 1. The number of anilines is 1. The van der Waals surface area contributed by atoms with Crippen molar-refractivity contribution in [3.8, 4) is 11.3 Å². The Kier molecular flexibility index (Phi) is 4.65. The van der Waals surface area contributed by atoms with Crippen LogP contribution in [0.2, 0.25) is 0 Å². The molecule has 0 saturated carbocycles. The van der Waals surface area contributed by atoms with Crippen LogP contribution in [0.4, 0.5) is 11.6 Å². The zero-order chi connectivity index (χ0) is 19.5. The Bertz CT molecular complexity index is 1200. The van der Waals surface area contributed by atoms with Crippen molar-refractivity contribution in [3.05, 3.63) is 81.7 Å². The summed E-state index contributed by atoms with van der Waals surface area (Å²) in [6.45, 7) is 0. The normalized spacial score (nSPS) is 11.1. The summed E-state index contributed by atoms with van der Waals surface area (Å²) >= 11 is 1.43. The van der Waals surface area contributed by atoms with E-state index in [0.29, 0.717) is 10.5 Å². The molecule has 0 aliphatic heterocycles. The number of rotatable bonds is 5. The molecule has 2 aromatic heterocycles. The van der Waals surface area contributed by atoms with E-state index in [9.17, 15) is 14.9 Å². The van der Waals surface area contributed by atoms with Crippen LogP contribution in [-0.2, 0) is 4.79 Å². The Morgan fingerprint density at radius 3 is 2.79 bits per heavy atom. The van der Waals surface area contributed by atoms with E-state index >= 15 is 0 Å². The molecule has 4 aromatic rings. The van der Waals surface area contributed by atoms with E-state index in [0.717, 1.165) is 11.3 Å². The summed E-state index contributed by atoms with van der Waals surface area (Å²) in [6, 6.07) is 15.8. The van der Waals surface area contributed by atoms with Gasteiger partial charge in [-0.1, -0.05) is 42.5 Å². The molecule has 0 aliphatic carbocycles. The van der Waals surface area contributed by atoms with Crippen LogP contribution in [-0.4, -0.2) is 25.4 Å². The lowest BCUT2D eigenvalue weighted by Gasteiger charge is -1.98. The average Bonchev–Trinajstić information content (AvgIpc) is 3.27. The first-order valence-electron chi connectivity index (χ1n) is 8.23. The van der Waals surface area contributed by atoms with Crippen molar-refractivity contribution in [2.24, 2.45) is 0 Å². The lowest BCUT2D eigenvalue weighted by molar-refractivity contribution is -0.384. The topological polar surface area (TPSA) is 102 Å². The molecular formula is C19H13N5O3S. The molecule has 1 N–H and O–H groups in total. The van der Waals surface area contributed by atoms with Gasteiger partial charge >= 0.3 is 0 Å². The number of fused-ring (bicyclic) bond motifs is 1. The first-order valence-corrected chi connectivity index (χ1v) is 9.11. The number of carbonyl (C=O) groups excluding carboxylic acids is 1. The largest absolute Gasteiger partial charge is 0.290 e. The van der Waals surface area contributed by atoms with E-state index in [-0.39, 0.29) is 11.6 Å². The van der Waals surface area contributed by atoms with E-state index in [1.165, 1.54) is 35.6 Å². The van der Waals surface area contributed by atoms with Crippen LogP contribution >= 0.6 is 11.3 Å². The molecule has 8 nitrogen and oxygen atoms in total. The minimum atomic E-state index is -0.483. The maximum Gasteiger partial charge on any atom is 0.270 e. The van der Waals surface area contributed by atoms with E-state index in [1.807, 2.05) is 35.7 Å². The van der Waals surface area contributed by atoms with Crippen molar-refractivity contribution in [3.63, 3.8) is 0 Å². The zero-order valence-electron chi connectivity index (χ0n) is 14.4. The first kappa shape index (κ1) is 17.6. The average molecular weight is 391 g/mol. The standard InChI is InChI=1S/C19H13N5O3S/c25-17(10-9-13-5-4-8-15(11-13)24(26)27)20-18-21-19-23(22-18)16(12-28-19)14-6-2-1-3-7-14/h1-12H,(H,20,22,25)/b10-9+. The van der Waals surface area contributed by atoms with Crippen molar-refractivity contribution in [1.82, 2.24) is 14.6 Å². The molecule has 0 spiro atoms. The Balaban J connectivity index is 1.50. The van der Waals surface area contributed by atoms with Gasteiger partial charge in [-0.2, -0.15) is 4.98 Å². The molecule has 1 amide bonds. The summed E-state index contributed by atoms with van der Waals surface area (Å²) in [5.74, 6) is -0.233. The number of non-ortho nitro benzene ring substituents is 1. The van der Waals surface area contributed by atoms with Gasteiger partial charge in [0, 0.05) is 29.2 Å². The van der Waals surface area contributed by atoms with Gasteiger partial charge in [-0.3, -0.25) is 20.2 Å². The Morgan fingerprint density at radius 1 is 1.18 bits per heavy atom. The molecule has 4 rings (SSSR count). The number of nitro benzene ring substituents is 1. The molecule has 0 saturated heterocycles. The van der Waals surface area contributed by atoms with Crippen LogP contribution < -0.4 is 5.32 Å². The molecule has 28 heavy (non-hydrogen) atoms. The van der Waals surface area contributed by atoms with E-state index < -0.39 is 10.8 Å². The molecule has 0 atom stereocenters. The van der Waals surface area contributed by atoms with Gasteiger partial charge in [0.2, 0.25) is 4.96 Å². The minimum Gasteiger partial charge on any atom is -0.290 e. The number of nitro groups is 1. The predicted octanol–water partition coefficient (Wildman–Crippen LogP) is 4.02. The van der Waals surface area contributed by atoms with Crippen molar-refractivity contribution in [2.75, 3.05) is 5.32 Å². The van der Waals surface area contributed by atoms with E-state index in [1.54, 1.807) is 16.6 Å². The molecule has 0 aliphatic rings. The maximum absolute atomic E-state index is 12.1. The maximum atomic E-state index is 12.1. The summed E-state index contributed by atoms with van der Waals surface area (Å²) in [7, 11) is 0. The van der Waals surface area contributed by atoms with Crippen LogP contribution in [0.3, 0.4) is 0 Å². The molecule has 0 fully saturated rings. The van der Waals surface area contributed by atoms with Gasteiger partial charge in [0.15, 0.2) is 0 Å². The number of nitrogens with zero attached hydrogens (tertiary/aromatic N) is 4. The number of aromatic nitrogens is 3. The second kappa shape index (κ2) is 7.41. The molecule has 0 bridgehead atoms. The Hall–Kier alpha value is -3.85. The van der Waals surface area contributed by atoms with Crippen LogP contribution in [0.15, 0.2) is 66.1 Å².